The Morgan fingerprint density at radius 2 is 1.35 bits per heavy atom. The van der Waals surface area contributed by atoms with Crippen LogP contribution in [0.1, 0.15) is 79.8 Å². The fourth-order valence-corrected chi connectivity index (χ4v) is 11.3. The minimum atomic E-state index is -1.27. The average Bonchev–Trinajstić information content (AvgIpc) is 3.75. The number of aliphatic carboxylic acids is 5. The third kappa shape index (κ3) is 26.3. The Morgan fingerprint density at radius 3 is 1.96 bits per heavy atom. The number of likely N-dealkylation sites (tertiary alicyclic amines) is 1. The van der Waals surface area contributed by atoms with Crippen molar-refractivity contribution in [3.8, 4) is 0 Å². The Bertz CT molecular complexity index is 2600. The van der Waals surface area contributed by atoms with Gasteiger partial charge < -0.3 is 52.2 Å². The van der Waals surface area contributed by atoms with Crippen molar-refractivity contribution in [2.75, 3.05) is 107 Å². The molecule has 0 bridgehead atoms. The number of carboxylic acids is 5. The van der Waals surface area contributed by atoms with Crippen LogP contribution in [0.15, 0.2) is 48.5 Å². The number of Topliss-reactive ketones (excluding diaryl/α,β-unsaturated/α-hetero) is 1. The predicted molar refractivity (Wildman–Crippen MR) is 317 cm³/mol. The van der Waals surface area contributed by atoms with Crippen LogP contribution in [-0.2, 0) is 56.1 Å². The Morgan fingerprint density at radius 1 is 0.723 bits per heavy atom. The van der Waals surface area contributed by atoms with Crippen LogP contribution in [0.25, 0.3) is 0 Å². The first-order valence-corrected chi connectivity index (χ1v) is 30.3. The highest BCUT2D eigenvalue weighted by Gasteiger charge is 2.38. The number of anilines is 1. The number of nitrogens with zero attached hydrogens (tertiary/aromatic N) is 5. The third-order valence-electron chi connectivity index (χ3n) is 13.8. The molecule has 4 amide bonds. The van der Waals surface area contributed by atoms with Gasteiger partial charge in [-0.25, -0.2) is 4.79 Å². The summed E-state index contributed by atoms with van der Waals surface area (Å²) in [4.78, 5) is 133. The van der Waals surface area contributed by atoms with Gasteiger partial charge in [-0.3, -0.25) is 67.7 Å². The number of hydrogen-bond donors (Lipinski definition) is 10. The van der Waals surface area contributed by atoms with E-state index >= 15 is 0 Å². The molecule has 2 aromatic carbocycles. The van der Waals surface area contributed by atoms with Crippen molar-refractivity contribution in [2.24, 2.45) is 5.92 Å². The molecule has 2 heterocycles. The molecular formula is C55H78N10O15S3. The van der Waals surface area contributed by atoms with E-state index in [2.05, 4.69) is 21.3 Å². The topological polar surface area (TPSA) is 360 Å². The van der Waals surface area contributed by atoms with Crippen LogP contribution in [-0.4, -0.2) is 240 Å². The van der Waals surface area contributed by atoms with E-state index in [0.717, 1.165) is 5.56 Å². The molecule has 25 nitrogen and oxygen atoms in total. The van der Waals surface area contributed by atoms with Crippen molar-refractivity contribution >= 4 is 112 Å². The molecule has 456 valence electrons. The molecule has 2 unspecified atom stereocenters. The SMILES string of the molecule is CSCC[C@H](NC(=O)c1cccc(CNC(=S)Nc2ccc(CC3CN(CC(=O)O)CCN(CC(=O)O)CCN(CC(=O)O)CCN3CC(=O)O)cc2)c1)C(=O)CCC(=O)N[C@@H](CCCCN1C(=O)CC(CSCCC(C)=N)C1=O)C(=O)O. The standard InChI is InChI=1S/C55H78N10O15S3/c1-36(56)15-25-83-35-40-28-47(68)65(53(40)78)17-4-3-8-44(54(79)80)59-46(67)14-13-45(66)43(16-24-82-2)60-52(77)39-7-5-6-38(26-39)29-57-55(81)58-41-11-9-37(10-12-41)27-42-30-63(33-50(73)74)21-20-61(31-48(69)70)18-19-62(32-49(71)72)22-23-64(42)34-51(75)76/h5-7,9-12,26,40,42-44,56H,3-4,8,13-25,27-35H2,1-2H3,(H,59,67)(H,60,77)(H,69,70)(H,71,72)(H,73,74)(H,75,76)(H,79,80)(H2,57,58,81)/t40?,42?,43-,44-/m0/s1. The Hall–Kier alpha value is -6.56. The van der Waals surface area contributed by atoms with Crippen LogP contribution in [0, 0.1) is 11.3 Å². The van der Waals surface area contributed by atoms with Crippen LogP contribution in [0.5, 0.6) is 0 Å². The molecule has 28 heteroatoms. The highest BCUT2D eigenvalue weighted by atomic mass is 32.2. The number of rotatable bonds is 34. The lowest BCUT2D eigenvalue weighted by Gasteiger charge is -2.37. The highest BCUT2D eigenvalue weighted by molar-refractivity contribution is 7.99. The number of unbranched alkanes of at least 4 members (excludes halogenated alkanes) is 1. The largest absolute Gasteiger partial charge is 0.480 e. The molecule has 4 atom stereocenters. The first-order chi connectivity index (χ1) is 39.5. The van der Waals surface area contributed by atoms with Crippen molar-refractivity contribution in [1.29, 1.82) is 5.41 Å². The zero-order valence-electron chi connectivity index (χ0n) is 46.9. The van der Waals surface area contributed by atoms with Gasteiger partial charge >= 0.3 is 29.8 Å². The summed E-state index contributed by atoms with van der Waals surface area (Å²) in [5, 5.41) is 68.0. The number of carbonyl (C=O) groups is 10. The van der Waals surface area contributed by atoms with E-state index in [1.807, 2.05) is 18.4 Å². The second-order valence-corrected chi connectivity index (χ2v) is 23.1. The van der Waals surface area contributed by atoms with Gasteiger partial charge in [-0.1, -0.05) is 24.3 Å². The lowest BCUT2D eigenvalue weighted by Crippen LogP contribution is -2.53. The molecule has 2 saturated heterocycles. The predicted octanol–water partition coefficient (Wildman–Crippen LogP) is 2.12. The number of carbonyl (C=O) groups excluding carboxylic acids is 5. The summed E-state index contributed by atoms with van der Waals surface area (Å²) in [5.74, 6) is -6.54. The quantitative estimate of drug-likeness (QED) is 0.0208. The van der Waals surface area contributed by atoms with Crippen LogP contribution < -0.4 is 21.3 Å². The number of imide groups is 1. The first-order valence-electron chi connectivity index (χ1n) is 27.3. The van der Waals surface area contributed by atoms with Crippen LogP contribution in [0.2, 0.25) is 0 Å². The molecule has 2 aliphatic rings. The van der Waals surface area contributed by atoms with Gasteiger partial charge in [0.05, 0.1) is 38.1 Å². The summed E-state index contributed by atoms with van der Waals surface area (Å²) in [7, 11) is 0. The average molecular weight is 1220 g/mol. The Labute approximate surface area is 496 Å². The fourth-order valence-electron chi connectivity index (χ4n) is 9.44. The van der Waals surface area contributed by atoms with E-state index in [-0.39, 0.29) is 140 Å². The van der Waals surface area contributed by atoms with Crippen LogP contribution in [0.3, 0.4) is 0 Å². The van der Waals surface area contributed by atoms with E-state index < -0.39 is 78.0 Å². The Kier molecular flexibility index (Phi) is 30.1. The zero-order chi connectivity index (χ0) is 61.0. The molecule has 0 aromatic heterocycles. The van der Waals surface area contributed by atoms with Gasteiger partial charge in [0.15, 0.2) is 10.9 Å². The van der Waals surface area contributed by atoms with Crippen LogP contribution in [0.4, 0.5) is 5.69 Å². The first kappa shape index (κ1) is 68.9. The summed E-state index contributed by atoms with van der Waals surface area (Å²) in [5.41, 5.74) is 2.87. The molecule has 0 aliphatic carbocycles. The minimum Gasteiger partial charge on any atom is -0.480 e. The van der Waals surface area contributed by atoms with Crippen molar-refractivity contribution in [2.45, 2.75) is 89.4 Å². The Balaban J connectivity index is 1.30. The van der Waals surface area contributed by atoms with Crippen molar-refractivity contribution in [3.05, 3.63) is 65.2 Å². The smallest absolute Gasteiger partial charge is 0.326 e. The summed E-state index contributed by atoms with van der Waals surface area (Å²) < 4.78 is 0. The lowest BCUT2D eigenvalue weighted by atomic mass is 10.0. The van der Waals surface area contributed by atoms with E-state index in [9.17, 15) is 73.5 Å². The number of hydrogen-bond acceptors (Lipinski definition) is 18. The molecule has 2 aliphatic heterocycles. The molecular weight excluding hydrogens is 1140 g/mol. The van der Waals surface area contributed by atoms with E-state index in [0.29, 0.717) is 53.5 Å². The second-order valence-electron chi connectivity index (χ2n) is 20.5. The van der Waals surface area contributed by atoms with Crippen molar-refractivity contribution < 1.29 is 73.5 Å². The van der Waals surface area contributed by atoms with Gasteiger partial charge in [-0.05, 0) is 111 Å². The highest BCUT2D eigenvalue weighted by Crippen LogP contribution is 2.25. The van der Waals surface area contributed by atoms with Gasteiger partial charge in [-0.15, -0.1) is 0 Å². The van der Waals surface area contributed by atoms with Gasteiger partial charge in [0.2, 0.25) is 17.7 Å². The molecule has 0 saturated carbocycles. The number of amides is 4. The number of thiocarbonyl (C=S) groups is 1. The molecule has 0 spiro atoms. The summed E-state index contributed by atoms with van der Waals surface area (Å²) in [6, 6.07) is 11.1. The third-order valence-corrected chi connectivity index (χ3v) is 15.9. The van der Waals surface area contributed by atoms with Gasteiger partial charge in [0.25, 0.3) is 5.91 Å². The summed E-state index contributed by atoms with van der Waals surface area (Å²) in [6.07, 6.45) is 3.23. The maximum Gasteiger partial charge on any atom is 0.326 e. The van der Waals surface area contributed by atoms with Gasteiger partial charge in [0, 0.05) is 107 Å². The maximum absolute atomic E-state index is 13.6. The van der Waals surface area contributed by atoms with E-state index in [4.69, 9.17) is 17.6 Å². The molecule has 2 fully saturated rings. The molecule has 83 heavy (non-hydrogen) atoms. The second kappa shape index (κ2) is 36.2. The number of benzene rings is 2. The van der Waals surface area contributed by atoms with Crippen LogP contribution >= 0.6 is 35.7 Å². The molecule has 2 aromatic rings. The van der Waals surface area contributed by atoms with Crippen molar-refractivity contribution in [1.82, 2.24) is 40.4 Å². The molecule has 10 N–H and O–H groups in total. The van der Waals surface area contributed by atoms with E-state index in [1.54, 1.807) is 62.9 Å². The van der Waals surface area contributed by atoms with Gasteiger partial charge in [0.1, 0.15) is 6.04 Å². The van der Waals surface area contributed by atoms with Crippen molar-refractivity contribution in [3.63, 3.8) is 0 Å². The van der Waals surface area contributed by atoms with Gasteiger partial charge in [-0.2, -0.15) is 23.5 Å². The monoisotopic (exact) mass is 1210 g/mol. The number of ketones is 1. The maximum atomic E-state index is 13.6. The zero-order valence-corrected chi connectivity index (χ0v) is 49.3. The summed E-state index contributed by atoms with van der Waals surface area (Å²) >= 11 is 8.58. The molecule has 4 rings (SSSR count). The van der Waals surface area contributed by atoms with E-state index in [1.165, 1.54) is 28.4 Å². The summed E-state index contributed by atoms with van der Waals surface area (Å²) in [6.45, 7) is 1.71. The number of thioether (sulfide) groups is 2. The molecule has 0 radical (unpaired) electrons. The normalized spacial score (nSPS) is 17.5. The minimum absolute atomic E-state index is 0.0363. The lowest BCUT2D eigenvalue weighted by molar-refractivity contribution is -0.142. The fraction of sp³-hybridized carbons (Fsp3) is 0.564. The number of nitrogens with one attached hydrogen (secondary N) is 5. The number of carboxylic acid groups (broad SMARTS) is 5.